The fourth-order valence-electron chi connectivity index (χ4n) is 3.75. The molecule has 5 aromatic rings. The van der Waals surface area contributed by atoms with Crippen LogP contribution in [0.4, 0.5) is 5.69 Å². The second-order valence-electron chi connectivity index (χ2n) is 8.06. The maximum Gasteiger partial charge on any atom is 0.254 e. The third kappa shape index (κ3) is 4.83. The number of hydrogen-bond acceptors (Lipinski definition) is 6. The lowest BCUT2D eigenvalue weighted by molar-refractivity contribution is -0.116. The number of anilines is 1. The Morgan fingerprint density at radius 1 is 1.06 bits per heavy atom. The standard InChI is InChI=1S/C27H22N4O3S/c1-17-7-12-21-24(13-17)35-27(30-21)18-8-10-19(11-9-18)29-25(32)15-31-16-28-22(14-26(31)33)20-5-3-4-6-23(20)34-2/h3-14,16H,15H2,1-2H3,(H,29,32). The highest BCUT2D eigenvalue weighted by molar-refractivity contribution is 7.21. The number of aromatic nitrogens is 3. The normalized spacial score (nSPS) is 10.9. The van der Waals surface area contributed by atoms with E-state index in [0.717, 1.165) is 20.8 Å². The van der Waals surface area contributed by atoms with Crippen LogP contribution in [0, 0.1) is 6.92 Å². The number of amides is 1. The molecular weight excluding hydrogens is 460 g/mol. The van der Waals surface area contributed by atoms with Crippen LogP contribution in [0.15, 0.2) is 83.9 Å². The molecule has 2 aromatic heterocycles. The van der Waals surface area contributed by atoms with Crippen LogP contribution in [-0.4, -0.2) is 27.6 Å². The van der Waals surface area contributed by atoms with Gasteiger partial charge in [0.1, 0.15) is 17.3 Å². The number of ether oxygens (including phenoxy) is 1. The molecule has 1 N–H and O–H groups in total. The molecule has 0 atom stereocenters. The van der Waals surface area contributed by atoms with Crippen LogP contribution in [0.5, 0.6) is 5.75 Å². The molecule has 5 rings (SSSR count). The maximum absolute atomic E-state index is 12.6. The number of nitrogens with one attached hydrogen (secondary N) is 1. The molecule has 174 valence electrons. The van der Waals surface area contributed by atoms with E-state index < -0.39 is 0 Å². The van der Waals surface area contributed by atoms with E-state index in [1.807, 2.05) is 48.5 Å². The number of para-hydroxylation sites is 1. The average Bonchev–Trinajstić information content (AvgIpc) is 3.29. The van der Waals surface area contributed by atoms with Crippen molar-refractivity contribution in [3.63, 3.8) is 0 Å². The minimum absolute atomic E-state index is 0.142. The molecular formula is C27H22N4O3S. The van der Waals surface area contributed by atoms with Gasteiger partial charge in [0.15, 0.2) is 0 Å². The van der Waals surface area contributed by atoms with Gasteiger partial charge < -0.3 is 10.1 Å². The number of nitrogens with zero attached hydrogens (tertiary/aromatic N) is 3. The number of aryl methyl sites for hydroxylation is 1. The molecule has 0 saturated carbocycles. The summed E-state index contributed by atoms with van der Waals surface area (Å²) < 4.78 is 7.76. The summed E-state index contributed by atoms with van der Waals surface area (Å²) in [6.07, 6.45) is 1.38. The van der Waals surface area contributed by atoms with E-state index in [4.69, 9.17) is 9.72 Å². The minimum Gasteiger partial charge on any atom is -0.496 e. The Balaban J connectivity index is 1.27. The van der Waals surface area contributed by atoms with Gasteiger partial charge in [-0.25, -0.2) is 9.97 Å². The molecule has 0 bridgehead atoms. The summed E-state index contributed by atoms with van der Waals surface area (Å²) in [4.78, 5) is 34.2. The largest absolute Gasteiger partial charge is 0.496 e. The summed E-state index contributed by atoms with van der Waals surface area (Å²) >= 11 is 1.64. The molecule has 0 aliphatic heterocycles. The summed E-state index contributed by atoms with van der Waals surface area (Å²) in [5, 5.41) is 3.76. The molecule has 1 amide bonds. The first-order valence-electron chi connectivity index (χ1n) is 11.0. The van der Waals surface area contributed by atoms with E-state index in [9.17, 15) is 9.59 Å². The Bertz CT molecular complexity index is 1590. The Morgan fingerprint density at radius 3 is 2.63 bits per heavy atom. The fraction of sp³-hybridized carbons (Fsp3) is 0.111. The SMILES string of the molecule is COc1ccccc1-c1cc(=O)n(CC(=O)Nc2ccc(-c3nc4ccc(C)cc4s3)cc2)cn1. The summed E-state index contributed by atoms with van der Waals surface area (Å²) in [6.45, 7) is 1.92. The van der Waals surface area contributed by atoms with Gasteiger partial charge >= 0.3 is 0 Å². The first-order valence-corrected chi connectivity index (χ1v) is 11.8. The molecule has 0 radical (unpaired) electrons. The molecule has 0 unspecified atom stereocenters. The highest BCUT2D eigenvalue weighted by Gasteiger charge is 2.11. The van der Waals surface area contributed by atoms with Crippen LogP contribution in [0.25, 0.3) is 32.0 Å². The number of carbonyl (C=O) groups excluding carboxylic acids is 1. The van der Waals surface area contributed by atoms with Crippen LogP contribution >= 0.6 is 11.3 Å². The highest BCUT2D eigenvalue weighted by atomic mass is 32.1. The lowest BCUT2D eigenvalue weighted by atomic mass is 10.1. The van der Waals surface area contributed by atoms with Gasteiger partial charge in [0.05, 0.1) is 29.3 Å². The third-order valence-electron chi connectivity index (χ3n) is 5.54. The first kappa shape index (κ1) is 22.5. The van der Waals surface area contributed by atoms with Gasteiger partial charge in [0.25, 0.3) is 5.56 Å². The van der Waals surface area contributed by atoms with Crippen molar-refractivity contribution >= 4 is 33.1 Å². The Kier molecular flexibility index (Phi) is 6.12. The Hall–Kier alpha value is -4.30. The molecule has 8 heteroatoms. The maximum atomic E-state index is 12.6. The predicted octanol–water partition coefficient (Wildman–Crippen LogP) is 5.14. The smallest absolute Gasteiger partial charge is 0.254 e. The molecule has 0 spiro atoms. The van der Waals surface area contributed by atoms with E-state index in [1.54, 1.807) is 24.5 Å². The molecule has 0 saturated heterocycles. The highest BCUT2D eigenvalue weighted by Crippen LogP contribution is 2.31. The van der Waals surface area contributed by atoms with Gasteiger partial charge in [-0.2, -0.15) is 0 Å². The Labute approximate surface area is 205 Å². The van der Waals surface area contributed by atoms with Gasteiger partial charge in [-0.05, 0) is 61.0 Å². The van der Waals surface area contributed by atoms with Crippen molar-refractivity contribution in [3.05, 3.63) is 95.0 Å². The third-order valence-corrected chi connectivity index (χ3v) is 6.60. The zero-order valence-corrected chi connectivity index (χ0v) is 20.0. The van der Waals surface area contributed by atoms with Gasteiger partial charge in [0, 0.05) is 22.9 Å². The number of hydrogen-bond donors (Lipinski definition) is 1. The molecule has 0 fully saturated rings. The summed E-state index contributed by atoms with van der Waals surface area (Å²) in [6, 6.07) is 22.5. The van der Waals surface area contributed by atoms with Crippen molar-refractivity contribution < 1.29 is 9.53 Å². The quantitative estimate of drug-likeness (QED) is 0.362. The first-order chi connectivity index (χ1) is 17.0. The second-order valence-corrected chi connectivity index (χ2v) is 9.09. The zero-order valence-electron chi connectivity index (χ0n) is 19.2. The van der Waals surface area contributed by atoms with E-state index in [0.29, 0.717) is 22.7 Å². The topological polar surface area (TPSA) is 86.1 Å². The number of rotatable bonds is 6. The zero-order chi connectivity index (χ0) is 24.4. The van der Waals surface area contributed by atoms with Crippen molar-refractivity contribution in [2.75, 3.05) is 12.4 Å². The number of methoxy groups -OCH3 is 1. The second kappa shape index (κ2) is 9.52. The molecule has 0 aliphatic rings. The number of benzene rings is 3. The van der Waals surface area contributed by atoms with Crippen molar-refractivity contribution in [1.82, 2.24) is 14.5 Å². The van der Waals surface area contributed by atoms with Crippen LogP contribution in [-0.2, 0) is 11.3 Å². The molecule has 35 heavy (non-hydrogen) atoms. The minimum atomic E-state index is -0.322. The van der Waals surface area contributed by atoms with Gasteiger partial charge in [-0.3, -0.25) is 14.2 Å². The summed E-state index contributed by atoms with van der Waals surface area (Å²) in [7, 11) is 1.57. The number of fused-ring (bicyclic) bond motifs is 1. The van der Waals surface area contributed by atoms with Gasteiger partial charge in [-0.1, -0.05) is 18.2 Å². The lowest BCUT2D eigenvalue weighted by Crippen LogP contribution is -2.27. The van der Waals surface area contributed by atoms with Crippen LogP contribution < -0.4 is 15.6 Å². The number of thiazole rings is 1. The molecule has 0 aliphatic carbocycles. The van der Waals surface area contributed by atoms with E-state index in [-0.39, 0.29) is 18.0 Å². The summed E-state index contributed by atoms with van der Waals surface area (Å²) in [5.74, 6) is 0.307. The molecule has 7 nitrogen and oxygen atoms in total. The monoisotopic (exact) mass is 482 g/mol. The lowest BCUT2D eigenvalue weighted by Gasteiger charge is -2.10. The number of carbonyl (C=O) groups is 1. The van der Waals surface area contributed by atoms with E-state index in [2.05, 4.69) is 29.4 Å². The van der Waals surface area contributed by atoms with Crippen molar-refractivity contribution in [2.45, 2.75) is 13.5 Å². The Morgan fingerprint density at radius 2 is 1.86 bits per heavy atom. The van der Waals surface area contributed by atoms with Crippen LogP contribution in [0.1, 0.15) is 5.56 Å². The fourth-order valence-corrected chi connectivity index (χ4v) is 4.82. The summed E-state index contributed by atoms with van der Waals surface area (Å²) in [5.41, 5.74) is 4.68. The molecule has 3 aromatic carbocycles. The van der Waals surface area contributed by atoms with Crippen molar-refractivity contribution in [3.8, 4) is 27.6 Å². The van der Waals surface area contributed by atoms with Crippen LogP contribution in [0.2, 0.25) is 0 Å². The predicted molar refractivity (Wildman–Crippen MR) is 139 cm³/mol. The average molecular weight is 483 g/mol. The van der Waals surface area contributed by atoms with Gasteiger partial charge in [0.2, 0.25) is 5.91 Å². The van der Waals surface area contributed by atoms with Gasteiger partial charge in [-0.15, -0.1) is 11.3 Å². The van der Waals surface area contributed by atoms with E-state index in [1.165, 1.54) is 22.5 Å². The molecule has 2 heterocycles. The van der Waals surface area contributed by atoms with E-state index >= 15 is 0 Å². The van der Waals surface area contributed by atoms with Crippen molar-refractivity contribution in [1.29, 1.82) is 0 Å². The van der Waals surface area contributed by atoms with Crippen molar-refractivity contribution in [2.24, 2.45) is 0 Å². The van der Waals surface area contributed by atoms with Crippen LogP contribution in [0.3, 0.4) is 0 Å².